The number of aliphatic hydroxyl groups is 1. The molecule has 9 heterocycles. The van der Waals surface area contributed by atoms with Crippen molar-refractivity contribution in [1.82, 2.24) is 15.1 Å². The van der Waals surface area contributed by atoms with Crippen molar-refractivity contribution in [2.24, 2.45) is 0 Å². The van der Waals surface area contributed by atoms with Crippen molar-refractivity contribution < 1.29 is 52.6 Å². The van der Waals surface area contributed by atoms with E-state index in [2.05, 4.69) is 15.1 Å². The van der Waals surface area contributed by atoms with Crippen LogP contribution in [0.15, 0.2) is 28.7 Å². The third kappa shape index (κ3) is 4.71. The van der Waals surface area contributed by atoms with Gasteiger partial charge in [0.05, 0.1) is 31.6 Å². The van der Waals surface area contributed by atoms with Gasteiger partial charge in [0.25, 0.3) is 0 Å². The maximum atomic E-state index is 14.9. The summed E-state index contributed by atoms with van der Waals surface area (Å²) < 4.78 is 42.8. The third-order valence-corrected chi connectivity index (χ3v) is 14.1. The predicted octanol–water partition coefficient (Wildman–Crippen LogP) is 4.46. The van der Waals surface area contributed by atoms with E-state index in [1.54, 1.807) is 7.11 Å². The molecule has 0 radical (unpaired) electrons. The maximum absolute atomic E-state index is 14.9. The number of methoxy groups -OCH3 is 2. The summed E-state index contributed by atoms with van der Waals surface area (Å²) in [5, 5.41) is 29.0. The zero-order valence-corrected chi connectivity index (χ0v) is 32.8. The molecule has 3 N–H and O–H groups in total. The third-order valence-electron chi connectivity index (χ3n) is 12.6. The number of likely N-dealkylation sites (N-methyl/N-ethyl adjacent to an activating group) is 1. The number of hydrogen-bond acceptors (Lipinski definition) is 15. The van der Waals surface area contributed by atoms with Crippen LogP contribution in [0.2, 0.25) is 0 Å². The Kier molecular flexibility index (Phi) is 7.92. The fourth-order valence-electron chi connectivity index (χ4n) is 10.5. The summed E-state index contributed by atoms with van der Waals surface area (Å²) in [5.74, 6) is 1.93. The number of furan rings is 1. The molecule has 3 aromatic carbocycles. The van der Waals surface area contributed by atoms with Crippen LogP contribution in [0.25, 0.3) is 11.0 Å². The average molecular weight is 786 g/mol. The number of nitrogens with zero attached hydrogens (tertiary/aromatic N) is 2. The second-order valence-electron chi connectivity index (χ2n) is 15.7. The quantitative estimate of drug-likeness (QED) is 0.197. The number of phenols is 1. The Morgan fingerprint density at radius 3 is 2.62 bits per heavy atom. The molecular formula is C41H43N3O11S. The second kappa shape index (κ2) is 12.4. The number of nitrogens with one attached hydrogen (secondary N) is 1. The van der Waals surface area contributed by atoms with Crippen molar-refractivity contribution in [3.8, 4) is 34.5 Å². The number of aromatic hydroxyl groups is 1. The molecule has 1 spiro atoms. The zero-order chi connectivity index (χ0) is 39.0. The van der Waals surface area contributed by atoms with Gasteiger partial charge in [-0.15, -0.1) is 11.8 Å². The Balaban J connectivity index is 1.24. The standard InChI is InChI=1S/C41H43N3O11S/c1-18-11-21-13-40(48)15-43(4)30(27(21)32(46)33(18)50-6)31-37-29-28(36-35(52-17-53-36)19(2)34(29)54-20(3)45)25(44(31)40)14-51-39(47)41(16-56-37)38-23(9-10-42-41)24-12-22(49-5)7-8-26(24)55-38/h7-8,11-12,25,30-31,37,42,46,48H,9-10,13-17H2,1-6H3/t25-,30+,31?,37+,40?,41+/m0/s1. The van der Waals surface area contributed by atoms with Gasteiger partial charge in [-0.2, -0.15) is 0 Å². The van der Waals surface area contributed by atoms with Gasteiger partial charge in [-0.3, -0.25) is 19.9 Å². The van der Waals surface area contributed by atoms with Crippen LogP contribution in [0.5, 0.6) is 34.5 Å². The van der Waals surface area contributed by atoms with E-state index in [4.69, 9.17) is 32.8 Å². The van der Waals surface area contributed by atoms with Crippen molar-refractivity contribution in [3.05, 3.63) is 69.0 Å². The molecule has 1 aromatic heterocycles. The number of piperazine rings is 1. The molecule has 0 amide bonds. The van der Waals surface area contributed by atoms with Crippen LogP contribution in [0.1, 0.15) is 69.0 Å². The van der Waals surface area contributed by atoms with Gasteiger partial charge in [-0.1, -0.05) is 6.07 Å². The number of benzene rings is 3. The van der Waals surface area contributed by atoms with E-state index in [9.17, 15) is 19.8 Å². The van der Waals surface area contributed by atoms with Gasteiger partial charge in [-0.25, -0.2) is 4.79 Å². The molecule has 7 atom stereocenters. The number of carbonyl (C=O) groups excluding carboxylic acids is 2. The normalized spacial score (nSPS) is 29.9. The van der Waals surface area contributed by atoms with Crippen molar-refractivity contribution in [1.29, 1.82) is 0 Å². The largest absolute Gasteiger partial charge is 0.504 e. The van der Waals surface area contributed by atoms with Crippen LogP contribution >= 0.6 is 11.8 Å². The number of fused-ring (bicyclic) bond motifs is 8. The molecule has 4 bridgehead atoms. The molecular weight excluding hydrogens is 743 g/mol. The van der Waals surface area contributed by atoms with Crippen molar-refractivity contribution in [2.45, 2.75) is 68.3 Å². The summed E-state index contributed by atoms with van der Waals surface area (Å²) in [6, 6.07) is 5.74. The predicted molar refractivity (Wildman–Crippen MR) is 203 cm³/mol. The molecule has 0 aliphatic carbocycles. The van der Waals surface area contributed by atoms with Gasteiger partial charge in [0.1, 0.15) is 35.2 Å². The first-order valence-electron chi connectivity index (χ1n) is 18.8. The smallest absolute Gasteiger partial charge is 0.335 e. The van der Waals surface area contributed by atoms with Gasteiger partial charge in [0, 0.05) is 71.4 Å². The van der Waals surface area contributed by atoms with E-state index >= 15 is 0 Å². The number of ether oxygens (including phenoxy) is 6. The first kappa shape index (κ1) is 35.7. The van der Waals surface area contributed by atoms with Crippen LogP contribution in [0.3, 0.4) is 0 Å². The molecule has 8 aliphatic rings. The first-order chi connectivity index (χ1) is 26.9. The van der Waals surface area contributed by atoms with Crippen molar-refractivity contribution in [3.63, 3.8) is 0 Å². The van der Waals surface area contributed by atoms with Gasteiger partial charge in [0.15, 0.2) is 28.5 Å². The van der Waals surface area contributed by atoms with Crippen molar-refractivity contribution >= 4 is 34.7 Å². The second-order valence-corrected chi connectivity index (χ2v) is 16.8. The van der Waals surface area contributed by atoms with E-state index in [0.29, 0.717) is 75.3 Å². The Labute approximate surface area is 326 Å². The molecule has 12 rings (SSSR count). The Morgan fingerprint density at radius 2 is 1.86 bits per heavy atom. The fourth-order valence-corrected chi connectivity index (χ4v) is 12.2. The molecule has 15 heteroatoms. The highest BCUT2D eigenvalue weighted by molar-refractivity contribution is 7.99. The highest BCUT2D eigenvalue weighted by atomic mass is 32.2. The van der Waals surface area contributed by atoms with Crippen LogP contribution in [-0.2, 0) is 32.7 Å². The zero-order valence-electron chi connectivity index (χ0n) is 31.9. The molecule has 0 saturated carbocycles. The number of carbonyl (C=O) groups is 2. The SMILES string of the molecule is COc1ccc2oc3c(c2c1)CCN[C@]31CS[C@@H]2c3c(OC(C)=O)c(C)c4c(c3[C@H](COC1=O)N1C2[C@H]2c3c(cc(C)c(OC)c3O)CC1(O)CN2C)OCO4. The van der Waals surface area contributed by atoms with Crippen LogP contribution in [-0.4, -0.2) is 97.2 Å². The monoisotopic (exact) mass is 785 g/mol. The lowest BCUT2D eigenvalue weighted by molar-refractivity contribution is -0.215. The number of esters is 2. The minimum atomic E-state index is -1.51. The lowest BCUT2D eigenvalue weighted by Gasteiger charge is -2.60. The highest BCUT2D eigenvalue weighted by Crippen LogP contribution is 2.65. The summed E-state index contributed by atoms with van der Waals surface area (Å²) in [7, 11) is 5.10. The minimum Gasteiger partial charge on any atom is -0.504 e. The molecule has 2 saturated heterocycles. The van der Waals surface area contributed by atoms with E-state index < -0.39 is 46.6 Å². The average Bonchev–Trinajstić information content (AvgIpc) is 3.76. The Bertz CT molecular complexity index is 2380. The van der Waals surface area contributed by atoms with Crippen molar-refractivity contribution in [2.75, 3.05) is 53.5 Å². The lowest BCUT2D eigenvalue weighted by Crippen LogP contribution is -2.70. The summed E-state index contributed by atoms with van der Waals surface area (Å²) in [6.07, 6.45) is 0.797. The van der Waals surface area contributed by atoms with Crippen LogP contribution in [0.4, 0.5) is 0 Å². The van der Waals surface area contributed by atoms with Gasteiger partial charge in [-0.05, 0) is 56.6 Å². The van der Waals surface area contributed by atoms with E-state index in [-0.39, 0.29) is 37.9 Å². The number of aryl methyl sites for hydroxylation is 1. The highest BCUT2D eigenvalue weighted by Gasteiger charge is 2.64. The lowest BCUT2D eigenvalue weighted by atomic mass is 9.78. The minimum absolute atomic E-state index is 0.0184. The molecule has 4 aromatic rings. The molecule has 14 nitrogen and oxygen atoms in total. The molecule has 294 valence electrons. The summed E-state index contributed by atoms with van der Waals surface area (Å²) in [5.41, 5.74) is 2.76. The Morgan fingerprint density at radius 1 is 1.05 bits per heavy atom. The molecule has 56 heavy (non-hydrogen) atoms. The van der Waals surface area contributed by atoms with Crippen LogP contribution in [0, 0.1) is 13.8 Å². The summed E-state index contributed by atoms with van der Waals surface area (Å²) in [6.45, 7) is 5.54. The molecule has 8 aliphatic heterocycles. The summed E-state index contributed by atoms with van der Waals surface area (Å²) >= 11 is 1.49. The number of phenolic OH excluding ortho intramolecular Hbond substituents is 1. The van der Waals surface area contributed by atoms with Gasteiger partial charge in [0.2, 0.25) is 6.79 Å². The van der Waals surface area contributed by atoms with Gasteiger partial charge >= 0.3 is 11.9 Å². The maximum Gasteiger partial charge on any atom is 0.335 e. The first-order valence-corrected chi connectivity index (χ1v) is 19.8. The molecule has 3 unspecified atom stereocenters. The number of rotatable bonds is 3. The topological polar surface area (TPSA) is 162 Å². The van der Waals surface area contributed by atoms with E-state index in [0.717, 1.165) is 22.1 Å². The molecule has 2 fully saturated rings. The summed E-state index contributed by atoms with van der Waals surface area (Å²) in [4.78, 5) is 32.0. The van der Waals surface area contributed by atoms with Gasteiger partial charge < -0.3 is 43.1 Å². The number of thioether (sulfide) groups is 1. The van der Waals surface area contributed by atoms with E-state index in [1.807, 2.05) is 45.2 Å². The van der Waals surface area contributed by atoms with Crippen LogP contribution < -0.4 is 29.0 Å². The number of hydrogen-bond donors (Lipinski definition) is 3. The van der Waals surface area contributed by atoms with E-state index in [1.165, 1.54) is 25.8 Å². The Hall–Kier alpha value is -4.67. The fraction of sp³-hybridized carbons (Fsp3) is 0.463.